The smallest absolute Gasteiger partial charge is 0.333 e. The third-order valence-corrected chi connectivity index (χ3v) is 6.29. The quantitative estimate of drug-likeness (QED) is 0.542. The van der Waals surface area contributed by atoms with E-state index in [1.54, 1.807) is 11.8 Å². The summed E-state index contributed by atoms with van der Waals surface area (Å²) in [6.45, 7) is 3.75. The van der Waals surface area contributed by atoms with Gasteiger partial charge >= 0.3 is 5.97 Å². The van der Waals surface area contributed by atoms with E-state index in [2.05, 4.69) is 0 Å². The lowest BCUT2D eigenvalue weighted by Gasteiger charge is -2.26. The fraction of sp³-hybridized carbons (Fsp3) is 0.292. The van der Waals surface area contributed by atoms with Crippen molar-refractivity contribution >= 4 is 46.1 Å². The molecule has 1 aromatic heterocycles. The molecule has 1 amide bonds. The molecule has 0 N–H and O–H groups in total. The molecular formula is C24H24N2O5S. The van der Waals surface area contributed by atoms with Crippen molar-refractivity contribution in [3.63, 3.8) is 0 Å². The van der Waals surface area contributed by atoms with Crippen LogP contribution in [0.4, 0.5) is 0 Å². The maximum atomic E-state index is 13.3. The van der Waals surface area contributed by atoms with E-state index in [0.717, 1.165) is 16.3 Å². The van der Waals surface area contributed by atoms with E-state index in [-0.39, 0.29) is 24.6 Å². The summed E-state index contributed by atoms with van der Waals surface area (Å²) in [4.78, 5) is 39.8. The summed E-state index contributed by atoms with van der Waals surface area (Å²) >= 11 is 1.18. The first-order valence-electron chi connectivity index (χ1n) is 10.5. The number of carbonyl (C=O) groups excluding carboxylic acids is 2. The van der Waals surface area contributed by atoms with E-state index >= 15 is 0 Å². The van der Waals surface area contributed by atoms with Gasteiger partial charge in [0.15, 0.2) is 0 Å². The van der Waals surface area contributed by atoms with E-state index in [0.29, 0.717) is 35.5 Å². The molecule has 1 saturated heterocycles. The zero-order valence-electron chi connectivity index (χ0n) is 17.8. The monoisotopic (exact) mass is 452 g/mol. The molecule has 0 atom stereocenters. The molecule has 2 heterocycles. The summed E-state index contributed by atoms with van der Waals surface area (Å²) in [5.74, 6) is -0.721. The first kappa shape index (κ1) is 22.0. The Bertz CT molecular complexity index is 1310. The molecule has 7 nitrogen and oxygen atoms in total. The van der Waals surface area contributed by atoms with Gasteiger partial charge in [-0.05, 0) is 29.3 Å². The number of aromatic nitrogens is 1. The molecule has 4 rings (SSSR count). The lowest BCUT2D eigenvalue weighted by molar-refractivity contribution is -0.136. The van der Waals surface area contributed by atoms with Crippen LogP contribution < -0.4 is 14.8 Å². The highest BCUT2D eigenvalue weighted by molar-refractivity contribution is 7.07. The first-order chi connectivity index (χ1) is 15.6. The zero-order chi connectivity index (χ0) is 22.5. The second kappa shape index (κ2) is 9.93. The van der Waals surface area contributed by atoms with Crippen LogP contribution in [-0.2, 0) is 25.6 Å². The van der Waals surface area contributed by atoms with Gasteiger partial charge in [-0.2, -0.15) is 0 Å². The molecule has 1 aliphatic rings. The van der Waals surface area contributed by atoms with Crippen LogP contribution in [0, 0.1) is 0 Å². The number of morpholine rings is 1. The highest BCUT2D eigenvalue weighted by Gasteiger charge is 2.19. The number of rotatable bonds is 5. The average molecular weight is 453 g/mol. The van der Waals surface area contributed by atoms with E-state index in [9.17, 15) is 14.4 Å². The maximum absolute atomic E-state index is 13.3. The van der Waals surface area contributed by atoms with Crippen LogP contribution in [0.5, 0.6) is 0 Å². The van der Waals surface area contributed by atoms with Crippen LogP contribution in [0.2, 0.25) is 0 Å². The fourth-order valence-corrected chi connectivity index (χ4v) is 4.66. The number of esters is 1. The number of benzene rings is 2. The number of amides is 1. The van der Waals surface area contributed by atoms with Gasteiger partial charge < -0.3 is 14.4 Å². The molecule has 0 unspecified atom stereocenters. The van der Waals surface area contributed by atoms with Gasteiger partial charge in [0.1, 0.15) is 11.2 Å². The normalized spacial score (nSPS) is 15.3. The van der Waals surface area contributed by atoms with E-state index < -0.39 is 5.97 Å². The van der Waals surface area contributed by atoms with Crippen molar-refractivity contribution < 1.29 is 19.1 Å². The van der Waals surface area contributed by atoms with Crippen LogP contribution in [0.25, 0.3) is 22.9 Å². The Morgan fingerprint density at radius 2 is 1.88 bits per heavy atom. The minimum Gasteiger partial charge on any atom is -0.463 e. The van der Waals surface area contributed by atoms with Crippen molar-refractivity contribution in [3.8, 4) is 0 Å². The summed E-state index contributed by atoms with van der Waals surface area (Å²) < 4.78 is 12.5. The van der Waals surface area contributed by atoms with E-state index in [1.807, 2.05) is 48.5 Å². The maximum Gasteiger partial charge on any atom is 0.333 e. The second-order valence-electron chi connectivity index (χ2n) is 7.30. The molecular weight excluding hydrogens is 428 g/mol. The predicted octanol–water partition coefficient (Wildman–Crippen LogP) is 1.09. The summed E-state index contributed by atoms with van der Waals surface area (Å²) in [6, 6.07) is 13.8. The highest BCUT2D eigenvalue weighted by atomic mass is 32.1. The number of ether oxygens (including phenoxy) is 2. The topological polar surface area (TPSA) is 77.8 Å². The zero-order valence-corrected chi connectivity index (χ0v) is 18.6. The Morgan fingerprint density at radius 1 is 1.12 bits per heavy atom. The molecule has 2 aromatic carbocycles. The Labute approximate surface area is 188 Å². The van der Waals surface area contributed by atoms with Gasteiger partial charge in [-0.15, -0.1) is 11.3 Å². The lowest BCUT2D eigenvalue weighted by Crippen LogP contribution is -2.45. The van der Waals surface area contributed by atoms with E-state index in [4.69, 9.17) is 9.47 Å². The van der Waals surface area contributed by atoms with Gasteiger partial charge in [0.25, 0.3) is 5.56 Å². The number of fused-ring (bicyclic) bond motifs is 1. The van der Waals surface area contributed by atoms with Gasteiger partial charge in [0.2, 0.25) is 5.91 Å². The molecule has 1 fully saturated rings. The summed E-state index contributed by atoms with van der Waals surface area (Å²) in [5, 5.41) is 2.09. The third-order valence-electron chi connectivity index (χ3n) is 5.23. The Balaban J connectivity index is 1.80. The number of carbonyl (C=O) groups is 2. The molecule has 8 heteroatoms. The van der Waals surface area contributed by atoms with Gasteiger partial charge in [-0.25, -0.2) is 4.79 Å². The lowest BCUT2D eigenvalue weighted by atomic mass is 10.0. The van der Waals surface area contributed by atoms with Crippen molar-refractivity contribution in [2.75, 3.05) is 32.9 Å². The average Bonchev–Trinajstić information content (AvgIpc) is 3.08. The van der Waals surface area contributed by atoms with Crippen molar-refractivity contribution in [1.82, 2.24) is 9.47 Å². The van der Waals surface area contributed by atoms with Crippen LogP contribution >= 0.6 is 11.3 Å². The van der Waals surface area contributed by atoms with Crippen LogP contribution in [0.15, 0.2) is 47.3 Å². The summed E-state index contributed by atoms with van der Waals surface area (Å²) in [6.07, 6.45) is 3.09. The van der Waals surface area contributed by atoms with Gasteiger partial charge in [0, 0.05) is 13.1 Å². The van der Waals surface area contributed by atoms with Crippen molar-refractivity contribution in [2.24, 2.45) is 0 Å². The van der Waals surface area contributed by atoms with Crippen LogP contribution in [0.1, 0.15) is 12.5 Å². The number of nitrogens with zero attached hydrogens (tertiary/aromatic N) is 2. The largest absolute Gasteiger partial charge is 0.463 e. The molecule has 1 aliphatic heterocycles. The van der Waals surface area contributed by atoms with Gasteiger partial charge in [-0.1, -0.05) is 42.5 Å². The number of thiazole rings is 1. The fourth-order valence-electron chi connectivity index (χ4n) is 3.64. The molecule has 0 radical (unpaired) electrons. The Hall–Kier alpha value is -3.23. The Morgan fingerprint density at radius 3 is 2.66 bits per heavy atom. The van der Waals surface area contributed by atoms with Crippen molar-refractivity contribution in [2.45, 2.75) is 13.5 Å². The molecule has 32 heavy (non-hydrogen) atoms. The molecule has 0 aliphatic carbocycles. The number of hydrogen-bond donors (Lipinski definition) is 0. The Kier molecular flexibility index (Phi) is 6.82. The minimum atomic E-state index is -0.543. The SMILES string of the molecule is CCOC(=O)/C=c1\s/c(=C\c2cccc3ccccc23)c(=O)n1CC(=O)N1CCOCC1. The standard InChI is InChI=1S/C24H24N2O5S/c1-2-31-23(28)15-22-26(16-21(27)25-10-12-30-13-11-25)24(29)20(32-22)14-18-8-5-7-17-6-3-4-9-19(17)18/h3-9,14-15H,2,10-13,16H2,1H3/b20-14-,22-15-. The minimum absolute atomic E-state index is 0.135. The molecule has 0 bridgehead atoms. The van der Waals surface area contributed by atoms with E-state index in [1.165, 1.54) is 22.0 Å². The molecule has 0 saturated carbocycles. The second-order valence-corrected chi connectivity index (χ2v) is 8.36. The number of hydrogen-bond acceptors (Lipinski definition) is 6. The highest BCUT2D eigenvalue weighted by Crippen LogP contribution is 2.18. The first-order valence-corrected chi connectivity index (χ1v) is 11.3. The van der Waals surface area contributed by atoms with Crippen molar-refractivity contribution in [3.05, 3.63) is 67.6 Å². The summed E-state index contributed by atoms with van der Waals surface area (Å²) in [7, 11) is 0. The third kappa shape index (κ3) is 4.81. The summed E-state index contributed by atoms with van der Waals surface area (Å²) in [5.41, 5.74) is 0.593. The molecule has 166 valence electrons. The van der Waals surface area contributed by atoms with Crippen LogP contribution in [-0.4, -0.2) is 54.3 Å². The van der Waals surface area contributed by atoms with Gasteiger partial charge in [-0.3, -0.25) is 14.2 Å². The van der Waals surface area contributed by atoms with Crippen molar-refractivity contribution in [1.29, 1.82) is 0 Å². The predicted molar refractivity (Wildman–Crippen MR) is 124 cm³/mol. The molecule has 0 spiro atoms. The van der Waals surface area contributed by atoms with Gasteiger partial charge in [0.05, 0.1) is 30.4 Å². The molecule has 3 aromatic rings. The van der Waals surface area contributed by atoms with Crippen LogP contribution in [0.3, 0.4) is 0 Å².